The minimum Gasteiger partial charge on any atom is -0.327 e. The maximum atomic E-state index is 6.44. The fourth-order valence-electron chi connectivity index (χ4n) is 3.14. The van der Waals surface area contributed by atoms with Crippen molar-refractivity contribution in [1.82, 2.24) is 4.90 Å². The average Bonchev–Trinajstić information content (AvgIpc) is 2.59. The molecule has 0 radical (unpaired) electrons. The second-order valence-corrected chi connectivity index (χ2v) is 6.82. The van der Waals surface area contributed by atoms with Crippen LogP contribution in [-0.2, 0) is 0 Å². The summed E-state index contributed by atoms with van der Waals surface area (Å²) in [6.07, 6.45) is 7.87. The molecular formula is C16H34N2. The zero-order valence-electron chi connectivity index (χ0n) is 13.0. The Labute approximate surface area is 114 Å². The fourth-order valence-corrected chi connectivity index (χ4v) is 3.14. The van der Waals surface area contributed by atoms with Crippen molar-refractivity contribution < 1.29 is 0 Å². The molecule has 0 saturated heterocycles. The zero-order valence-corrected chi connectivity index (χ0v) is 13.0. The van der Waals surface area contributed by atoms with E-state index in [9.17, 15) is 0 Å². The first-order valence-electron chi connectivity index (χ1n) is 7.99. The standard InChI is InChI=1S/C16H34N2/c1-5-7-11-18(12-8-6-2)13-14-9-10-16(3,4)15(14)17/h14-15H,5-13,17H2,1-4H3. The van der Waals surface area contributed by atoms with Crippen LogP contribution in [0, 0.1) is 11.3 Å². The van der Waals surface area contributed by atoms with E-state index in [1.165, 1.54) is 58.2 Å². The van der Waals surface area contributed by atoms with Gasteiger partial charge in [0.2, 0.25) is 0 Å². The lowest BCUT2D eigenvalue weighted by Gasteiger charge is -2.31. The number of nitrogens with two attached hydrogens (primary N) is 1. The first-order valence-corrected chi connectivity index (χ1v) is 7.99. The molecule has 2 atom stereocenters. The zero-order chi connectivity index (χ0) is 13.6. The van der Waals surface area contributed by atoms with Crippen molar-refractivity contribution in [1.29, 1.82) is 0 Å². The lowest BCUT2D eigenvalue weighted by Crippen LogP contribution is -2.42. The maximum absolute atomic E-state index is 6.44. The molecule has 1 aliphatic rings. The van der Waals surface area contributed by atoms with E-state index in [1.807, 2.05) is 0 Å². The summed E-state index contributed by atoms with van der Waals surface area (Å²) >= 11 is 0. The number of unbranched alkanes of at least 4 members (excludes halogenated alkanes) is 2. The van der Waals surface area contributed by atoms with Crippen LogP contribution in [0.1, 0.15) is 66.2 Å². The molecule has 1 saturated carbocycles. The van der Waals surface area contributed by atoms with Gasteiger partial charge in [-0.25, -0.2) is 0 Å². The largest absolute Gasteiger partial charge is 0.327 e. The Morgan fingerprint density at radius 2 is 1.67 bits per heavy atom. The monoisotopic (exact) mass is 254 g/mol. The third kappa shape index (κ3) is 4.55. The Kier molecular flexibility index (Phi) is 6.65. The summed E-state index contributed by atoms with van der Waals surface area (Å²) in [6, 6.07) is 0.392. The van der Waals surface area contributed by atoms with Gasteiger partial charge in [0, 0.05) is 12.6 Å². The van der Waals surface area contributed by atoms with E-state index >= 15 is 0 Å². The van der Waals surface area contributed by atoms with Crippen LogP contribution in [-0.4, -0.2) is 30.6 Å². The molecule has 1 rings (SSSR count). The second-order valence-electron chi connectivity index (χ2n) is 6.82. The second kappa shape index (κ2) is 7.49. The Balaban J connectivity index is 2.44. The van der Waals surface area contributed by atoms with Gasteiger partial charge < -0.3 is 10.6 Å². The van der Waals surface area contributed by atoms with Gasteiger partial charge in [-0.15, -0.1) is 0 Å². The van der Waals surface area contributed by atoms with Crippen molar-refractivity contribution in [3.05, 3.63) is 0 Å². The molecule has 1 aliphatic carbocycles. The molecule has 2 N–H and O–H groups in total. The number of hydrogen-bond acceptors (Lipinski definition) is 2. The maximum Gasteiger partial charge on any atom is 0.0131 e. The average molecular weight is 254 g/mol. The molecule has 0 aromatic rings. The molecule has 0 bridgehead atoms. The predicted molar refractivity (Wildman–Crippen MR) is 80.7 cm³/mol. The van der Waals surface area contributed by atoms with Gasteiger partial charge in [-0.05, 0) is 50.1 Å². The normalized spacial score (nSPS) is 27.0. The third-order valence-electron chi connectivity index (χ3n) is 4.72. The Bertz CT molecular complexity index is 217. The Hall–Kier alpha value is -0.0800. The van der Waals surface area contributed by atoms with E-state index in [0.717, 1.165) is 0 Å². The molecule has 2 unspecified atom stereocenters. The van der Waals surface area contributed by atoms with Crippen molar-refractivity contribution in [2.75, 3.05) is 19.6 Å². The highest BCUT2D eigenvalue weighted by Gasteiger charge is 2.39. The van der Waals surface area contributed by atoms with Gasteiger partial charge in [0.05, 0.1) is 0 Å². The molecule has 108 valence electrons. The summed E-state index contributed by atoms with van der Waals surface area (Å²) in [5.41, 5.74) is 6.79. The minimum absolute atomic E-state index is 0.353. The number of nitrogens with zero attached hydrogens (tertiary/aromatic N) is 1. The Morgan fingerprint density at radius 1 is 1.11 bits per heavy atom. The molecule has 0 aromatic carbocycles. The van der Waals surface area contributed by atoms with Crippen molar-refractivity contribution >= 4 is 0 Å². The van der Waals surface area contributed by atoms with Crippen LogP contribution in [0.2, 0.25) is 0 Å². The molecule has 0 heterocycles. The lowest BCUT2D eigenvalue weighted by atomic mass is 9.85. The number of rotatable bonds is 8. The highest BCUT2D eigenvalue weighted by molar-refractivity contribution is 4.95. The van der Waals surface area contributed by atoms with E-state index < -0.39 is 0 Å². The van der Waals surface area contributed by atoms with Gasteiger partial charge in [0.15, 0.2) is 0 Å². The topological polar surface area (TPSA) is 29.3 Å². The molecule has 1 fully saturated rings. The molecule has 0 spiro atoms. The molecule has 0 aromatic heterocycles. The van der Waals surface area contributed by atoms with Crippen LogP contribution in [0.3, 0.4) is 0 Å². The summed E-state index contributed by atoms with van der Waals surface area (Å²) in [7, 11) is 0. The molecule has 0 amide bonds. The molecule has 0 aliphatic heterocycles. The highest BCUT2D eigenvalue weighted by Crippen LogP contribution is 2.40. The van der Waals surface area contributed by atoms with Gasteiger partial charge in [-0.2, -0.15) is 0 Å². The molecular weight excluding hydrogens is 220 g/mol. The first-order chi connectivity index (χ1) is 8.51. The van der Waals surface area contributed by atoms with Gasteiger partial charge in [-0.3, -0.25) is 0 Å². The van der Waals surface area contributed by atoms with Gasteiger partial charge >= 0.3 is 0 Å². The molecule has 2 nitrogen and oxygen atoms in total. The van der Waals surface area contributed by atoms with Crippen LogP contribution in [0.4, 0.5) is 0 Å². The third-order valence-corrected chi connectivity index (χ3v) is 4.72. The van der Waals surface area contributed by atoms with Crippen LogP contribution < -0.4 is 5.73 Å². The van der Waals surface area contributed by atoms with E-state index in [0.29, 0.717) is 17.4 Å². The van der Waals surface area contributed by atoms with Crippen LogP contribution in [0.5, 0.6) is 0 Å². The summed E-state index contributed by atoms with van der Waals surface area (Å²) in [5.74, 6) is 0.716. The number of hydrogen-bond donors (Lipinski definition) is 1. The van der Waals surface area contributed by atoms with E-state index in [2.05, 4.69) is 32.6 Å². The van der Waals surface area contributed by atoms with Crippen molar-refractivity contribution in [2.45, 2.75) is 72.3 Å². The first kappa shape index (κ1) is 16.0. The Morgan fingerprint density at radius 3 is 2.06 bits per heavy atom. The van der Waals surface area contributed by atoms with Crippen LogP contribution in [0.15, 0.2) is 0 Å². The summed E-state index contributed by atoms with van der Waals surface area (Å²) in [4.78, 5) is 2.67. The summed E-state index contributed by atoms with van der Waals surface area (Å²) in [6.45, 7) is 13.0. The van der Waals surface area contributed by atoms with E-state index in [1.54, 1.807) is 0 Å². The lowest BCUT2D eigenvalue weighted by molar-refractivity contribution is 0.200. The minimum atomic E-state index is 0.353. The van der Waals surface area contributed by atoms with Crippen LogP contribution >= 0.6 is 0 Å². The van der Waals surface area contributed by atoms with Crippen molar-refractivity contribution in [2.24, 2.45) is 17.1 Å². The summed E-state index contributed by atoms with van der Waals surface area (Å²) < 4.78 is 0. The fraction of sp³-hybridized carbons (Fsp3) is 1.00. The van der Waals surface area contributed by atoms with Crippen molar-refractivity contribution in [3.8, 4) is 0 Å². The SMILES string of the molecule is CCCCN(CCCC)CC1CCC(C)(C)C1N. The summed E-state index contributed by atoms with van der Waals surface area (Å²) in [5, 5.41) is 0. The van der Waals surface area contributed by atoms with Gasteiger partial charge in [-0.1, -0.05) is 40.5 Å². The smallest absolute Gasteiger partial charge is 0.0131 e. The van der Waals surface area contributed by atoms with Crippen LogP contribution in [0.25, 0.3) is 0 Å². The van der Waals surface area contributed by atoms with Gasteiger partial charge in [0.25, 0.3) is 0 Å². The predicted octanol–water partition coefficient (Wildman–Crippen LogP) is 3.65. The quantitative estimate of drug-likeness (QED) is 0.716. The van der Waals surface area contributed by atoms with Crippen molar-refractivity contribution in [3.63, 3.8) is 0 Å². The molecule has 18 heavy (non-hydrogen) atoms. The van der Waals surface area contributed by atoms with E-state index in [-0.39, 0.29) is 0 Å². The van der Waals surface area contributed by atoms with E-state index in [4.69, 9.17) is 5.73 Å². The molecule has 2 heteroatoms. The highest BCUT2D eigenvalue weighted by atomic mass is 15.1. The van der Waals surface area contributed by atoms with Gasteiger partial charge in [0.1, 0.15) is 0 Å².